The van der Waals surface area contributed by atoms with Crippen LogP contribution in [0.1, 0.15) is 46.5 Å². The number of aliphatic hydroxyl groups is 1. The Bertz CT molecular complexity index is 344. The molecule has 20 heavy (non-hydrogen) atoms. The SMILES string of the molecule is CC(C)(C)OC(=O)N(CCN)C(=O)[C@H]1CC[C@H](O)CC1. The number of imide groups is 1. The third-order valence-electron chi connectivity index (χ3n) is 3.28. The van der Waals surface area contributed by atoms with Crippen molar-refractivity contribution >= 4 is 12.0 Å². The van der Waals surface area contributed by atoms with Gasteiger partial charge in [0.2, 0.25) is 5.91 Å². The molecule has 0 radical (unpaired) electrons. The summed E-state index contributed by atoms with van der Waals surface area (Å²) in [5.41, 5.74) is 4.83. The van der Waals surface area contributed by atoms with Crippen molar-refractivity contribution in [2.45, 2.75) is 58.2 Å². The maximum Gasteiger partial charge on any atom is 0.417 e. The first-order chi connectivity index (χ1) is 9.24. The monoisotopic (exact) mass is 286 g/mol. The second kappa shape index (κ2) is 7.04. The fourth-order valence-electron chi connectivity index (χ4n) is 2.28. The summed E-state index contributed by atoms with van der Waals surface area (Å²) in [5, 5.41) is 9.48. The Kier molecular flexibility index (Phi) is 5.95. The zero-order chi connectivity index (χ0) is 15.3. The number of carbonyl (C=O) groups is 2. The molecule has 0 aromatic heterocycles. The molecule has 3 N–H and O–H groups in total. The number of carbonyl (C=O) groups excluding carboxylic acids is 2. The standard InChI is InChI=1S/C14H26N2O4/c1-14(2,3)20-13(19)16(9-8-15)12(18)10-4-6-11(17)7-5-10/h10-11,17H,4-9,15H2,1-3H3/t10-,11-. The van der Waals surface area contributed by atoms with Crippen LogP contribution in [-0.2, 0) is 9.53 Å². The number of hydrogen-bond acceptors (Lipinski definition) is 5. The van der Waals surface area contributed by atoms with Crippen molar-refractivity contribution < 1.29 is 19.4 Å². The first kappa shape index (κ1) is 16.9. The zero-order valence-electron chi connectivity index (χ0n) is 12.6. The van der Waals surface area contributed by atoms with E-state index in [0.29, 0.717) is 25.7 Å². The molecule has 0 bridgehead atoms. The van der Waals surface area contributed by atoms with Crippen LogP contribution in [0.15, 0.2) is 0 Å². The highest BCUT2D eigenvalue weighted by Crippen LogP contribution is 2.26. The maximum absolute atomic E-state index is 12.4. The smallest absolute Gasteiger partial charge is 0.417 e. The first-order valence-electron chi connectivity index (χ1n) is 7.17. The molecule has 0 heterocycles. The summed E-state index contributed by atoms with van der Waals surface area (Å²) < 4.78 is 5.25. The van der Waals surface area contributed by atoms with E-state index in [1.807, 2.05) is 0 Å². The van der Waals surface area contributed by atoms with Crippen LogP contribution in [0, 0.1) is 5.92 Å². The van der Waals surface area contributed by atoms with Gasteiger partial charge in [-0.25, -0.2) is 9.69 Å². The van der Waals surface area contributed by atoms with Gasteiger partial charge in [0.25, 0.3) is 0 Å². The van der Waals surface area contributed by atoms with Crippen LogP contribution >= 0.6 is 0 Å². The van der Waals surface area contributed by atoms with Gasteiger partial charge in [0.15, 0.2) is 0 Å². The highest BCUT2D eigenvalue weighted by molar-refractivity contribution is 5.93. The minimum absolute atomic E-state index is 0.160. The van der Waals surface area contributed by atoms with E-state index in [1.165, 1.54) is 0 Å². The number of aliphatic hydroxyl groups excluding tert-OH is 1. The number of hydrogen-bond donors (Lipinski definition) is 2. The molecule has 0 aromatic rings. The van der Waals surface area contributed by atoms with E-state index >= 15 is 0 Å². The molecule has 0 spiro atoms. The van der Waals surface area contributed by atoms with Gasteiger partial charge >= 0.3 is 6.09 Å². The van der Waals surface area contributed by atoms with Crippen LogP contribution in [0.2, 0.25) is 0 Å². The quantitative estimate of drug-likeness (QED) is 0.814. The Morgan fingerprint density at radius 3 is 2.25 bits per heavy atom. The van der Waals surface area contributed by atoms with E-state index in [-0.39, 0.29) is 31.0 Å². The number of nitrogens with two attached hydrogens (primary N) is 1. The third kappa shape index (κ3) is 5.09. The Hall–Kier alpha value is -1.14. The maximum atomic E-state index is 12.4. The fraction of sp³-hybridized carbons (Fsp3) is 0.857. The highest BCUT2D eigenvalue weighted by atomic mass is 16.6. The number of amides is 2. The lowest BCUT2D eigenvalue weighted by Gasteiger charge is -2.31. The fourth-order valence-corrected chi connectivity index (χ4v) is 2.28. The average molecular weight is 286 g/mol. The molecule has 2 amide bonds. The van der Waals surface area contributed by atoms with Gasteiger partial charge in [-0.3, -0.25) is 4.79 Å². The summed E-state index contributed by atoms with van der Waals surface area (Å²) in [6.07, 6.45) is 1.43. The predicted octanol–water partition coefficient (Wildman–Crippen LogP) is 1.26. The van der Waals surface area contributed by atoms with Crippen molar-refractivity contribution in [1.29, 1.82) is 0 Å². The number of nitrogens with zero attached hydrogens (tertiary/aromatic N) is 1. The molecule has 1 fully saturated rings. The van der Waals surface area contributed by atoms with Crippen molar-refractivity contribution in [3.05, 3.63) is 0 Å². The van der Waals surface area contributed by atoms with Crippen molar-refractivity contribution in [3.8, 4) is 0 Å². The zero-order valence-corrected chi connectivity index (χ0v) is 12.6. The Morgan fingerprint density at radius 2 is 1.80 bits per heavy atom. The van der Waals surface area contributed by atoms with Crippen LogP contribution in [-0.4, -0.2) is 46.8 Å². The van der Waals surface area contributed by atoms with Gasteiger partial charge in [0.1, 0.15) is 5.60 Å². The largest absolute Gasteiger partial charge is 0.443 e. The molecule has 1 aliphatic rings. The van der Waals surface area contributed by atoms with Crippen LogP contribution in [0.5, 0.6) is 0 Å². The first-order valence-corrected chi connectivity index (χ1v) is 7.17. The van der Waals surface area contributed by atoms with Crippen molar-refractivity contribution in [2.24, 2.45) is 11.7 Å². The van der Waals surface area contributed by atoms with Crippen molar-refractivity contribution in [3.63, 3.8) is 0 Å². The molecule has 6 heteroatoms. The van der Waals surface area contributed by atoms with Crippen molar-refractivity contribution in [2.75, 3.05) is 13.1 Å². The highest BCUT2D eigenvalue weighted by Gasteiger charge is 2.33. The molecular weight excluding hydrogens is 260 g/mol. The minimum atomic E-state index is -0.646. The lowest BCUT2D eigenvalue weighted by atomic mass is 9.86. The van der Waals surface area contributed by atoms with Crippen LogP contribution in [0.3, 0.4) is 0 Å². The molecule has 6 nitrogen and oxygen atoms in total. The van der Waals surface area contributed by atoms with Gasteiger partial charge in [0.05, 0.1) is 6.10 Å². The lowest BCUT2D eigenvalue weighted by Crippen LogP contribution is -2.46. The second-order valence-electron chi connectivity index (χ2n) is 6.26. The Labute approximate surface area is 120 Å². The van der Waals surface area contributed by atoms with E-state index in [2.05, 4.69) is 0 Å². The summed E-state index contributed by atoms with van der Waals surface area (Å²) in [6, 6.07) is 0. The van der Waals surface area contributed by atoms with E-state index in [4.69, 9.17) is 10.5 Å². The van der Waals surface area contributed by atoms with E-state index in [9.17, 15) is 14.7 Å². The van der Waals surface area contributed by atoms with Crippen LogP contribution in [0.4, 0.5) is 4.79 Å². The summed E-state index contributed by atoms with van der Waals surface area (Å²) in [7, 11) is 0. The Balaban J connectivity index is 2.69. The topological polar surface area (TPSA) is 92.9 Å². The molecule has 1 rings (SSSR count). The normalized spacial score (nSPS) is 23.2. The summed E-state index contributed by atoms with van der Waals surface area (Å²) in [5.74, 6) is -0.464. The lowest BCUT2D eigenvalue weighted by molar-refractivity contribution is -0.136. The van der Waals surface area contributed by atoms with Gasteiger partial charge in [-0.1, -0.05) is 0 Å². The molecule has 0 unspecified atom stereocenters. The van der Waals surface area contributed by atoms with E-state index in [1.54, 1.807) is 20.8 Å². The average Bonchev–Trinajstić information content (AvgIpc) is 2.34. The van der Waals surface area contributed by atoms with E-state index < -0.39 is 11.7 Å². The molecule has 1 aliphatic carbocycles. The molecular formula is C14H26N2O4. The van der Waals surface area contributed by atoms with Gasteiger partial charge in [0, 0.05) is 19.0 Å². The number of rotatable bonds is 3. The second-order valence-corrected chi connectivity index (χ2v) is 6.26. The molecule has 0 aromatic carbocycles. The van der Waals surface area contributed by atoms with Crippen molar-refractivity contribution in [1.82, 2.24) is 4.90 Å². The molecule has 116 valence electrons. The van der Waals surface area contributed by atoms with Gasteiger partial charge in [-0.15, -0.1) is 0 Å². The van der Waals surface area contributed by atoms with Crippen LogP contribution in [0.25, 0.3) is 0 Å². The summed E-state index contributed by atoms with van der Waals surface area (Å²) in [4.78, 5) is 25.6. The molecule has 0 saturated heterocycles. The van der Waals surface area contributed by atoms with Gasteiger partial charge < -0.3 is 15.6 Å². The summed E-state index contributed by atoms with van der Waals surface area (Å²) in [6.45, 7) is 5.64. The molecule has 1 saturated carbocycles. The predicted molar refractivity (Wildman–Crippen MR) is 75.0 cm³/mol. The molecule has 0 aliphatic heterocycles. The summed E-state index contributed by atoms with van der Waals surface area (Å²) >= 11 is 0. The minimum Gasteiger partial charge on any atom is -0.443 e. The Morgan fingerprint density at radius 1 is 1.25 bits per heavy atom. The van der Waals surface area contributed by atoms with E-state index in [0.717, 1.165) is 4.90 Å². The van der Waals surface area contributed by atoms with Gasteiger partial charge in [-0.05, 0) is 46.5 Å². The van der Waals surface area contributed by atoms with Gasteiger partial charge in [-0.2, -0.15) is 0 Å². The molecule has 0 atom stereocenters. The number of ether oxygens (including phenoxy) is 1. The third-order valence-corrected chi connectivity index (χ3v) is 3.28. The van der Waals surface area contributed by atoms with Crippen LogP contribution < -0.4 is 5.73 Å².